The van der Waals surface area contributed by atoms with Crippen LogP contribution in [0.25, 0.3) is 0 Å². The van der Waals surface area contributed by atoms with E-state index in [0.29, 0.717) is 5.69 Å². The zero-order valence-corrected chi connectivity index (χ0v) is 11.1. The van der Waals surface area contributed by atoms with E-state index in [9.17, 15) is 14.4 Å². The van der Waals surface area contributed by atoms with E-state index in [1.54, 1.807) is 17.0 Å². The Morgan fingerprint density at radius 3 is 2.35 bits per heavy atom. The van der Waals surface area contributed by atoms with Crippen molar-refractivity contribution in [2.45, 2.75) is 13.3 Å². The Balaban J connectivity index is 2.78. The number of nitrogens with one attached hydrogen (secondary N) is 1. The van der Waals surface area contributed by atoms with Crippen molar-refractivity contribution in [2.24, 2.45) is 5.73 Å². The number of rotatable bonds is 6. The molecule has 0 fully saturated rings. The second-order valence-electron chi connectivity index (χ2n) is 4.31. The molecule has 0 unspecified atom stereocenters. The Labute approximate surface area is 116 Å². The summed E-state index contributed by atoms with van der Waals surface area (Å²) >= 11 is 0. The van der Waals surface area contributed by atoms with Crippen molar-refractivity contribution in [3.05, 3.63) is 29.8 Å². The summed E-state index contributed by atoms with van der Waals surface area (Å²) in [5.41, 5.74) is 6.62. The van der Waals surface area contributed by atoms with Crippen LogP contribution in [0.3, 0.4) is 0 Å². The fourth-order valence-corrected chi connectivity index (χ4v) is 1.64. The third-order valence-electron chi connectivity index (χ3n) is 2.59. The minimum atomic E-state index is -0.961. The summed E-state index contributed by atoms with van der Waals surface area (Å²) in [5.74, 6) is -1.54. The van der Waals surface area contributed by atoms with Gasteiger partial charge in [0.2, 0.25) is 5.91 Å². The van der Waals surface area contributed by atoms with Gasteiger partial charge < -0.3 is 15.7 Å². The number of aliphatic carboxylic acids is 1. The van der Waals surface area contributed by atoms with E-state index in [2.05, 4.69) is 0 Å². The molecule has 0 aliphatic heterocycles. The molecule has 3 amide bonds. The van der Waals surface area contributed by atoms with E-state index in [1.807, 2.05) is 24.4 Å². The lowest BCUT2D eigenvalue weighted by atomic mass is 10.2. The number of carboxylic acid groups (broad SMARTS) is 1. The summed E-state index contributed by atoms with van der Waals surface area (Å²) < 4.78 is 0. The standard InChI is InChI=1S/C13H17N3O4/c1-9-2-4-10(5-3-9)16(7-6-12(18)19)8-11(17)15-13(14)20/h2-5H,6-8H2,1H3,(H,18,19)(H3,14,15,17,20). The molecular formula is C13H17N3O4. The zero-order chi connectivity index (χ0) is 15.1. The minimum absolute atomic E-state index is 0.113. The molecular weight excluding hydrogens is 262 g/mol. The first-order valence-electron chi connectivity index (χ1n) is 6.01. The van der Waals surface area contributed by atoms with Gasteiger partial charge in [0.1, 0.15) is 0 Å². The number of nitrogens with two attached hydrogens (primary N) is 1. The number of urea groups is 1. The molecule has 0 heterocycles. The van der Waals surface area contributed by atoms with Crippen molar-refractivity contribution < 1.29 is 19.5 Å². The highest BCUT2D eigenvalue weighted by molar-refractivity contribution is 5.95. The quantitative estimate of drug-likeness (QED) is 0.700. The Morgan fingerprint density at radius 1 is 1.25 bits per heavy atom. The Kier molecular flexibility index (Phi) is 5.52. The highest BCUT2D eigenvalue weighted by Crippen LogP contribution is 2.15. The maximum Gasteiger partial charge on any atom is 0.318 e. The van der Waals surface area contributed by atoms with Crippen molar-refractivity contribution >= 4 is 23.6 Å². The molecule has 1 aromatic rings. The molecule has 4 N–H and O–H groups in total. The minimum Gasteiger partial charge on any atom is -0.481 e. The molecule has 108 valence electrons. The first kappa shape index (κ1) is 15.5. The van der Waals surface area contributed by atoms with Gasteiger partial charge in [0.15, 0.2) is 0 Å². The van der Waals surface area contributed by atoms with E-state index in [4.69, 9.17) is 10.8 Å². The first-order valence-corrected chi connectivity index (χ1v) is 6.01. The van der Waals surface area contributed by atoms with Gasteiger partial charge in [-0.25, -0.2) is 4.79 Å². The van der Waals surface area contributed by atoms with Crippen molar-refractivity contribution in [1.29, 1.82) is 0 Å². The lowest BCUT2D eigenvalue weighted by Crippen LogP contribution is -2.43. The molecule has 0 radical (unpaired) electrons. The van der Waals surface area contributed by atoms with Crippen molar-refractivity contribution in [3.8, 4) is 0 Å². The van der Waals surface area contributed by atoms with E-state index >= 15 is 0 Å². The van der Waals surface area contributed by atoms with Crippen LogP contribution in [0.15, 0.2) is 24.3 Å². The number of carboxylic acids is 1. The highest BCUT2D eigenvalue weighted by Gasteiger charge is 2.14. The van der Waals surface area contributed by atoms with Gasteiger partial charge in [0.25, 0.3) is 0 Å². The molecule has 0 saturated heterocycles. The summed E-state index contributed by atoms with van der Waals surface area (Å²) in [6, 6.07) is 6.35. The topological polar surface area (TPSA) is 113 Å². The zero-order valence-electron chi connectivity index (χ0n) is 11.1. The number of aryl methyl sites for hydroxylation is 1. The molecule has 0 aliphatic rings. The molecule has 7 nitrogen and oxygen atoms in total. The number of carbonyl (C=O) groups excluding carboxylic acids is 2. The number of hydrogen-bond acceptors (Lipinski definition) is 4. The average Bonchev–Trinajstić information content (AvgIpc) is 2.34. The molecule has 0 atom stereocenters. The van der Waals surface area contributed by atoms with Crippen LogP contribution in [0.5, 0.6) is 0 Å². The second kappa shape index (κ2) is 7.13. The number of anilines is 1. The summed E-state index contributed by atoms with van der Waals surface area (Å²) in [6.45, 7) is 1.94. The van der Waals surface area contributed by atoms with Gasteiger partial charge in [0, 0.05) is 12.2 Å². The summed E-state index contributed by atoms with van der Waals surface area (Å²) in [5, 5.41) is 10.7. The maximum atomic E-state index is 11.5. The van der Waals surface area contributed by atoms with E-state index in [0.717, 1.165) is 5.56 Å². The van der Waals surface area contributed by atoms with Crippen LogP contribution in [-0.2, 0) is 9.59 Å². The lowest BCUT2D eigenvalue weighted by Gasteiger charge is -2.23. The lowest BCUT2D eigenvalue weighted by molar-refractivity contribution is -0.136. The number of primary amides is 1. The Morgan fingerprint density at radius 2 is 1.85 bits per heavy atom. The largest absolute Gasteiger partial charge is 0.481 e. The number of amides is 3. The van der Waals surface area contributed by atoms with Gasteiger partial charge in [-0.3, -0.25) is 14.9 Å². The van der Waals surface area contributed by atoms with Gasteiger partial charge in [-0.05, 0) is 19.1 Å². The normalized spacial score (nSPS) is 9.85. The fourth-order valence-electron chi connectivity index (χ4n) is 1.64. The predicted molar refractivity (Wildman–Crippen MR) is 73.4 cm³/mol. The van der Waals surface area contributed by atoms with Crippen molar-refractivity contribution in [3.63, 3.8) is 0 Å². The molecule has 1 rings (SSSR count). The smallest absolute Gasteiger partial charge is 0.318 e. The van der Waals surface area contributed by atoms with Gasteiger partial charge in [-0.2, -0.15) is 0 Å². The first-order chi connectivity index (χ1) is 9.38. The fraction of sp³-hybridized carbons (Fsp3) is 0.308. The number of hydrogen-bond donors (Lipinski definition) is 3. The monoisotopic (exact) mass is 279 g/mol. The van der Waals surface area contributed by atoms with Crippen LogP contribution < -0.4 is 16.0 Å². The van der Waals surface area contributed by atoms with Crippen molar-refractivity contribution in [2.75, 3.05) is 18.0 Å². The maximum absolute atomic E-state index is 11.5. The molecule has 20 heavy (non-hydrogen) atoms. The van der Waals surface area contributed by atoms with Crippen LogP contribution in [0.2, 0.25) is 0 Å². The molecule has 0 saturated carbocycles. The van der Waals surface area contributed by atoms with Crippen molar-refractivity contribution in [1.82, 2.24) is 5.32 Å². The van der Waals surface area contributed by atoms with E-state index in [-0.39, 0.29) is 19.5 Å². The average molecular weight is 279 g/mol. The summed E-state index contributed by atoms with van der Waals surface area (Å²) in [7, 11) is 0. The van der Waals surface area contributed by atoms with Crippen LogP contribution in [-0.4, -0.2) is 36.1 Å². The Bertz CT molecular complexity index is 499. The van der Waals surface area contributed by atoms with Gasteiger partial charge >= 0.3 is 12.0 Å². The third-order valence-corrected chi connectivity index (χ3v) is 2.59. The number of nitrogens with zero attached hydrogens (tertiary/aromatic N) is 1. The Hall–Kier alpha value is -2.57. The third kappa shape index (κ3) is 5.38. The van der Waals surface area contributed by atoms with Crippen LogP contribution in [0.1, 0.15) is 12.0 Å². The van der Waals surface area contributed by atoms with Gasteiger partial charge in [-0.1, -0.05) is 17.7 Å². The van der Waals surface area contributed by atoms with Gasteiger partial charge in [-0.15, -0.1) is 0 Å². The molecule has 0 aromatic heterocycles. The second-order valence-corrected chi connectivity index (χ2v) is 4.31. The molecule has 0 bridgehead atoms. The SMILES string of the molecule is Cc1ccc(N(CCC(=O)O)CC(=O)NC(N)=O)cc1. The van der Waals surface area contributed by atoms with Crippen LogP contribution in [0.4, 0.5) is 10.5 Å². The van der Waals surface area contributed by atoms with E-state index < -0.39 is 17.9 Å². The summed E-state index contributed by atoms with van der Waals surface area (Å²) in [6.07, 6.45) is -0.113. The predicted octanol–water partition coefficient (Wildman–Crippen LogP) is 0.471. The van der Waals surface area contributed by atoms with Crippen LogP contribution >= 0.6 is 0 Å². The molecule has 7 heteroatoms. The molecule has 1 aromatic carbocycles. The number of benzene rings is 1. The van der Waals surface area contributed by atoms with E-state index in [1.165, 1.54) is 0 Å². The number of imide groups is 1. The highest BCUT2D eigenvalue weighted by atomic mass is 16.4. The summed E-state index contributed by atoms with van der Waals surface area (Å²) in [4.78, 5) is 34.4. The number of carbonyl (C=O) groups is 3. The van der Waals surface area contributed by atoms with Gasteiger partial charge in [0.05, 0.1) is 13.0 Å². The molecule has 0 spiro atoms. The molecule has 0 aliphatic carbocycles. The van der Waals surface area contributed by atoms with Crippen LogP contribution in [0, 0.1) is 6.92 Å².